The van der Waals surface area contributed by atoms with Crippen LogP contribution in [0.15, 0.2) is 80.6 Å². The van der Waals surface area contributed by atoms with E-state index >= 15 is 0 Å². The lowest BCUT2D eigenvalue weighted by Gasteiger charge is -2.17. The molecule has 150 valence electrons. The first kappa shape index (κ1) is 18.1. The normalized spacial score (nSPS) is 17.4. The predicted molar refractivity (Wildman–Crippen MR) is 109 cm³/mol. The maximum absolute atomic E-state index is 13.1. The largest absolute Gasteiger partial charge is 0.497 e. The van der Waals surface area contributed by atoms with Crippen LogP contribution in [0.4, 0.5) is 5.69 Å². The molecule has 1 N–H and O–H groups in total. The van der Waals surface area contributed by atoms with E-state index in [2.05, 4.69) is 5.32 Å². The Balaban J connectivity index is 1.57. The Kier molecular flexibility index (Phi) is 4.28. The topological polar surface area (TPSA) is 90.9 Å². The second kappa shape index (κ2) is 7.11. The third kappa shape index (κ3) is 2.91. The lowest BCUT2D eigenvalue weighted by Crippen LogP contribution is -2.35. The fraction of sp³-hybridized carbons (Fsp3) is 0.130. The highest BCUT2D eigenvalue weighted by Crippen LogP contribution is 2.44. The quantitative estimate of drug-likeness (QED) is 0.519. The molecule has 2 atom stereocenters. The smallest absolute Gasteiger partial charge is 0.344 e. The Bertz CT molecular complexity index is 1270. The van der Waals surface area contributed by atoms with Gasteiger partial charge in [0.1, 0.15) is 22.8 Å². The Morgan fingerprint density at radius 2 is 1.83 bits per heavy atom. The summed E-state index contributed by atoms with van der Waals surface area (Å²) in [6, 6.07) is 17.4. The Morgan fingerprint density at radius 3 is 2.57 bits per heavy atom. The van der Waals surface area contributed by atoms with E-state index in [1.165, 1.54) is 6.26 Å². The molecule has 7 nitrogen and oxygen atoms in total. The Labute approximate surface area is 170 Å². The maximum atomic E-state index is 13.1. The molecule has 1 aliphatic rings. The van der Waals surface area contributed by atoms with E-state index in [1.807, 2.05) is 6.07 Å². The van der Waals surface area contributed by atoms with Crippen LogP contribution < -0.4 is 20.4 Å². The molecule has 1 amide bonds. The third-order valence-electron chi connectivity index (χ3n) is 5.12. The second-order valence-electron chi connectivity index (χ2n) is 6.88. The first-order valence-corrected chi connectivity index (χ1v) is 9.36. The minimum Gasteiger partial charge on any atom is -0.497 e. The van der Waals surface area contributed by atoms with Gasteiger partial charge in [-0.25, -0.2) is 4.79 Å². The number of furan rings is 1. The summed E-state index contributed by atoms with van der Waals surface area (Å²) in [6.07, 6.45) is 0.496. The summed E-state index contributed by atoms with van der Waals surface area (Å²) >= 11 is 0. The van der Waals surface area contributed by atoms with Gasteiger partial charge in [0.2, 0.25) is 0 Å². The molecule has 2 aromatic heterocycles. The van der Waals surface area contributed by atoms with E-state index in [9.17, 15) is 9.59 Å². The molecule has 0 bridgehead atoms. The molecule has 0 fully saturated rings. The zero-order chi connectivity index (χ0) is 20.7. The molecular weight excluding hydrogens is 386 g/mol. The van der Waals surface area contributed by atoms with Crippen LogP contribution in [0, 0.1) is 0 Å². The molecule has 0 aliphatic carbocycles. The van der Waals surface area contributed by atoms with Crippen LogP contribution in [0.3, 0.4) is 0 Å². The van der Waals surface area contributed by atoms with Crippen LogP contribution in [-0.4, -0.2) is 19.1 Å². The van der Waals surface area contributed by atoms with Gasteiger partial charge in [0.15, 0.2) is 6.10 Å². The number of hydrogen-bond acceptors (Lipinski definition) is 6. The molecule has 7 heteroatoms. The molecule has 0 radical (unpaired) electrons. The van der Waals surface area contributed by atoms with Crippen LogP contribution in [-0.2, 0) is 4.79 Å². The first-order chi connectivity index (χ1) is 14.7. The number of nitrogens with one attached hydrogen (secondary N) is 1. The molecule has 1 aliphatic heterocycles. The molecule has 0 spiro atoms. The fourth-order valence-electron chi connectivity index (χ4n) is 3.73. The van der Waals surface area contributed by atoms with Crippen molar-refractivity contribution in [1.29, 1.82) is 0 Å². The second-order valence-corrected chi connectivity index (χ2v) is 6.88. The number of ether oxygens (including phenoxy) is 2. The maximum Gasteiger partial charge on any atom is 0.344 e. The zero-order valence-electron chi connectivity index (χ0n) is 16.0. The van der Waals surface area contributed by atoms with E-state index in [1.54, 1.807) is 61.7 Å². The van der Waals surface area contributed by atoms with Gasteiger partial charge in [-0.15, -0.1) is 0 Å². The van der Waals surface area contributed by atoms with Crippen molar-refractivity contribution in [2.75, 3.05) is 12.4 Å². The Hall–Kier alpha value is -4.00. The number of hydrogen-bond donors (Lipinski definition) is 1. The van der Waals surface area contributed by atoms with Crippen molar-refractivity contribution in [2.45, 2.75) is 12.0 Å². The number of carbonyl (C=O) groups is 1. The lowest BCUT2D eigenvalue weighted by atomic mass is 9.93. The van der Waals surface area contributed by atoms with E-state index < -0.39 is 23.6 Å². The van der Waals surface area contributed by atoms with Gasteiger partial charge in [-0.3, -0.25) is 4.79 Å². The van der Waals surface area contributed by atoms with Crippen molar-refractivity contribution in [3.63, 3.8) is 0 Å². The summed E-state index contributed by atoms with van der Waals surface area (Å²) in [5.74, 6) is 0.342. The van der Waals surface area contributed by atoms with Crippen LogP contribution in [0.1, 0.15) is 17.2 Å². The minimum atomic E-state index is -0.998. The molecule has 0 saturated heterocycles. The van der Waals surface area contributed by atoms with Crippen LogP contribution in [0.2, 0.25) is 0 Å². The van der Waals surface area contributed by atoms with Crippen molar-refractivity contribution in [1.82, 2.24) is 0 Å². The third-order valence-corrected chi connectivity index (χ3v) is 5.12. The van der Waals surface area contributed by atoms with Gasteiger partial charge in [0, 0.05) is 5.69 Å². The van der Waals surface area contributed by atoms with Crippen LogP contribution in [0.25, 0.3) is 11.0 Å². The van der Waals surface area contributed by atoms with Crippen LogP contribution >= 0.6 is 0 Å². The number of rotatable bonds is 4. The predicted octanol–water partition coefficient (Wildman–Crippen LogP) is 3.93. The van der Waals surface area contributed by atoms with Gasteiger partial charge in [-0.2, -0.15) is 0 Å². The molecule has 5 rings (SSSR count). The number of benzene rings is 2. The zero-order valence-corrected chi connectivity index (χ0v) is 16.0. The summed E-state index contributed by atoms with van der Waals surface area (Å²) in [5.41, 5.74) is 0.703. The Morgan fingerprint density at radius 1 is 1.03 bits per heavy atom. The van der Waals surface area contributed by atoms with E-state index in [0.717, 1.165) is 0 Å². The SMILES string of the molecule is COc1ccc(NC(=O)[C@H]2Oc3c(c(=O)oc4ccccc34)[C@@H]2c2ccco2)cc1. The number of methoxy groups -OCH3 is 1. The van der Waals surface area contributed by atoms with Crippen molar-refractivity contribution in [3.8, 4) is 11.5 Å². The number of amides is 1. The molecule has 4 aromatic rings. The fourth-order valence-corrected chi connectivity index (χ4v) is 3.73. The number of fused-ring (bicyclic) bond motifs is 3. The summed E-state index contributed by atoms with van der Waals surface area (Å²) < 4.78 is 22.2. The van der Waals surface area contributed by atoms with Crippen molar-refractivity contribution >= 4 is 22.6 Å². The monoisotopic (exact) mass is 403 g/mol. The van der Waals surface area contributed by atoms with E-state index in [4.69, 9.17) is 18.3 Å². The van der Waals surface area contributed by atoms with Crippen molar-refractivity contribution < 1.29 is 23.1 Å². The van der Waals surface area contributed by atoms with Gasteiger partial charge in [0.05, 0.1) is 30.2 Å². The van der Waals surface area contributed by atoms with Crippen LogP contribution in [0.5, 0.6) is 11.5 Å². The highest BCUT2D eigenvalue weighted by atomic mass is 16.5. The summed E-state index contributed by atoms with van der Waals surface area (Å²) in [5, 5.41) is 3.46. The number of carbonyl (C=O) groups excluding carboxylic acids is 1. The minimum absolute atomic E-state index is 0.276. The van der Waals surface area contributed by atoms with Gasteiger partial charge in [0.25, 0.3) is 5.91 Å². The van der Waals surface area contributed by atoms with Gasteiger partial charge in [-0.1, -0.05) is 12.1 Å². The molecule has 30 heavy (non-hydrogen) atoms. The standard InChI is InChI=1S/C23H17NO6/c1-27-14-10-8-13(9-11-14)24-22(25)21-18(17-7-4-12-28-17)19-20(30-21)15-5-2-3-6-16(15)29-23(19)26/h2-12,18,21H,1H3,(H,24,25)/t18-,21-/m0/s1. The average molecular weight is 403 g/mol. The lowest BCUT2D eigenvalue weighted by molar-refractivity contribution is -0.122. The summed E-state index contributed by atoms with van der Waals surface area (Å²) in [6.45, 7) is 0. The highest BCUT2D eigenvalue weighted by molar-refractivity contribution is 5.97. The van der Waals surface area contributed by atoms with E-state index in [-0.39, 0.29) is 5.56 Å². The highest BCUT2D eigenvalue weighted by Gasteiger charge is 2.45. The van der Waals surface area contributed by atoms with Gasteiger partial charge < -0.3 is 23.6 Å². The molecule has 0 unspecified atom stereocenters. The number of para-hydroxylation sites is 1. The molecule has 2 aromatic carbocycles. The molecule has 3 heterocycles. The van der Waals surface area contributed by atoms with Gasteiger partial charge in [-0.05, 0) is 48.5 Å². The van der Waals surface area contributed by atoms with Gasteiger partial charge >= 0.3 is 5.63 Å². The van der Waals surface area contributed by atoms with E-state index in [0.29, 0.717) is 33.9 Å². The average Bonchev–Trinajstić information content (AvgIpc) is 3.42. The van der Waals surface area contributed by atoms with Crippen molar-refractivity contribution in [2.24, 2.45) is 0 Å². The summed E-state index contributed by atoms with van der Waals surface area (Å²) in [4.78, 5) is 25.9. The molecule has 0 saturated carbocycles. The number of anilines is 1. The summed E-state index contributed by atoms with van der Waals surface area (Å²) in [7, 11) is 1.57. The first-order valence-electron chi connectivity index (χ1n) is 9.36. The van der Waals surface area contributed by atoms with Crippen molar-refractivity contribution in [3.05, 3.63) is 88.7 Å². The molecular formula is C23H17NO6.